The van der Waals surface area contributed by atoms with Gasteiger partial charge in [-0.05, 0) is 32.0 Å². The number of rotatable bonds is 8. The molecule has 0 bridgehead atoms. The van der Waals surface area contributed by atoms with Gasteiger partial charge in [0.25, 0.3) is 15.9 Å². The number of nitrogens with zero attached hydrogens (tertiary/aromatic N) is 5. The summed E-state index contributed by atoms with van der Waals surface area (Å²) in [6.07, 6.45) is 2.58. The highest BCUT2D eigenvalue weighted by atomic mass is 32.2. The van der Waals surface area contributed by atoms with Gasteiger partial charge in [-0.1, -0.05) is 23.5 Å². The number of ether oxygens (including phenoxy) is 1. The number of nitrogens with one attached hydrogen (secondary N) is 1. The zero-order valence-corrected chi connectivity index (χ0v) is 23.4. The number of thiazole rings is 1. The maximum absolute atomic E-state index is 13.4. The van der Waals surface area contributed by atoms with Gasteiger partial charge in [-0.2, -0.15) is 9.41 Å². The Balaban J connectivity index is 1.36. The Morgan fingerprint density at radius 2 is 1.68 bits per heavy atom. The van der Waals surface area contributed by atoms with Crippen LogP contribution in [0.15, 0.2) is 44.7 Å². The first-order chi connectivity index (χ1) is 18.1. The number of likely N-dealkylation sites (N-methyl/N-ethyl adjacent to an activating group) is 1. The maximum Gasteiger partial charge on any atom is 0.278 e. The van der Waals surface area contributed by atoms with Crippen LogP contribution in [0.4, 0.5) is 5.13 Å². The lowest BCUT2D eigenvalue weighted by molar-refractivity contribution is -0.110. The monoisotopic (exact) mass is 582 g/mol. The van der Waals surface area contributed by atoms with E-state index in [1.165, 1.54) is 22.6 Å². The van der Waals surface area contributed by atoms with E-state index in [0.29, 0.717) is 70.9 Å². The van der Waals surface area contributed by atoms with Gasteiger partial charge < -0.3 is 9.64 Å². The molecule has 1 aromatic carbocycles. The molecule has 206 valence electrons. The normalized spacial score (nSPS) is 20.4. The Morgan fingerprint density at radius 1 is 1.03 bits per heavy atom. The summed E-state index contributed by atoms with van der Waals surface area (Å²) in [7, 11) is -5.14. The molecule has 38 heavy (non-hydrogen) atoms. The molecule has 2 saturated heterocycles. The van der Waals surface area contributed by atoms with Gasteiger partial charge in [0, 0.05) is 31.7 Å². The fourth-order valence-corrected chi connectivity index (χ4v) is 8.41. The average molecular weight is 583 g/mol. The first kappa shape index (κ1) is 27.1. The first-order valence-corrected chi connectivity index (χ1v) is 16.2. The average Bonchev–Trinajstić information content (AvgIpc) is 3.68. The highest BCUT2D eigenvalue weighted by molar-refractivity contribution is 7.92. The van der Waals surface area contributed by atoms with Gasteiger partial charge in [0.15, 0.2) is 24.9 Å². The Bertz CT molecular complexity index is 1410. The molecule has 0 unspecified atom stereocenters. The summed E-state index contributed by atoms with van der Waals surface area (Å²) in [5.74, 6) is -0.577. The maximum atomic E-state index is 13.4. The number of hydrazone groups is 1. The van der Waals surface area contributed by atoms with Crippen LogP contribution in [0.5, 0.6) is 0 Å². The summed E-state index contributed by atoms with van der Waals surface area (Å²) in [6, 6.07) is 6.13. The lowest BCUT2D eigenvalue weighted by atomic mass is 10.1. The summed E-state index contributed by atoms with van der Waals surface area (Å²) in [5.41, 5.74) is 0.506. The summed E-state index contributed by atoms with van der Waals surface area (Å²) in [6.45, 7) is 4.00. The number of hydrogen-bond acceptors (Lipinski definition) is 11. The van der Waals surface area contributed by atoms with Gasteiger partial charge in [-0.15, -0.1) is 0 Å². The van der Waals surface area contributed by atoms with Crippen molar-refractivity contribution in [3.8, 4) is 0 Å². The summed E-state index contributed by atoms with van der Waals surface area (Å²) in [5, 5.41) is 8.72. The van der Waals surface area contributed by atoms with E-state index in [1.807, 2.05) is 7.05 Å². The van der Waals surface area contributed by atoms with Gasteiger partial charge in [0.1, 0.15) is 0 Å². The number of aromatic nitrogens is 1. The first-order valence-electron chi connectivity index (χ1n) is 12.4. The highest BCUT2D eigenvalue weighted by Gasteiger charge is 2.37. The van der Waals surface area contributed by atoms with Crippen LogP contribution in [-0.2, 0) is 29.4 Å². The molecule has 3 heterocycles. The lowest BCUT2D eigenvalue weighted by Gasteiger charge is -2.30. The molecular weight excluding hydrogens is 552 g/mol. The lowest BCUT2D eigenvalue weighted by Crippen LogP contribution is -2.46. The van der Waals surface area contributed by atoms with Gasteiger partial charge in [-0.3, -0.25) is 15.1 Å². The van der Waals surface area contributed by atoms with Crippen LogP contribution in [0.1, 0.15) is 18.4 Å². The molecule has 1 aliphatic carbocycles. The molecule has 15 heteroatoms. The smallest absolute Gasteiger partial charge is 0.278 e. The van der Waals surface area contributed by atoms with Crippen molar-refractivity contribution >= 4 is 47.9 Å². The molecule has 0 radical (unpaired) electrons. The molecule has 3 aliphatic rings. The van der Waals surface area contributed by atoms with E-state index >= 15 is 0 Å². The number of morpholine rings is 1. The Morgan fingerprint density at radius 3 is 2.32 bits per heavy atom. The number of carbonyl (C=O) groups excluding carboxylic acids is 1. The van der Waals surface area contributed by atoms with Crippen molar-refractivity contribution in [3.63, 3.8) is 0 Å². The number of sulfonamides is 1. The van der Waals surface area contributed by atoms with Crippen LogP contribution in [0.25, 0.3) is 0 Å². The van der Waals surface area contributed by atoms with E-state index in [2.05, 4.69) is 20.3 Å². The second-order valence-electron chi connectivity index (χ2n) is 9.43. The number of benzene rings is 1. The third-order valence-corrected chi connectivity index (χ3v) is 12.2. The third kappa shape index (κ3) is 5.92. The number of sulfone groups is 1. The summed E-state index contributed by atoms with van der Waals surface area (Å²) < 4.78 is 58.1. The van der Waals surface area contributed by atoms with E-state index < -0.39 is 25.8 Å². The molecule has 0 atom stereocenters. The predicted octanol–water partition coefficient (Wildman–Crippen LogP) is 0.690. The van der Waals surface area contributed by atoms with Crippen LogP contribution in [-0.4, -0.2) is 112 Å². The van der Waals surface area contributed by atoms with Crippen LogP contribution in [0, 0.1) is 0 Å². The zero-order chi connectivity index (χ0) is 26.9. The SMILES string of the molecule is CN1CCN(S(=O)(=O)c2cnc(NC(=O)/C(=N/N3CCOCC3)c3ccc(S(=O)(=O)C4CC4)cc3)s2)CC1. The topological polar surface area (TPSA) is 142 Å². The molecular formula is C23H30N6O6S3. The quantitative estimate of drug-likeness (QED) is 0.445. The second kappa shape index (κ2) is 11.0. The number of carbonyl (C=O) groups is 1. The number of anilines is 1. The minimum absolute atomic E-state index is 0.0543. The van der Waals surface area contributed by atoms with Crippen LogP contribution >= 0.6 is 11.3 Å². The molecule has 2 aromatic rings. The Labute approximate surface area is 226 Å². The van der Waals surface area contributed by atoms with Gasteiger partial charge >= 0.3 is 0 Å². The second-order valence-corrected chi connectivity index (χ2v) is 14.9. The van der Waals surface area contributed by atoms with E-state index in [9.17, 15) is 21.6 Å². The fourth-order valence-electron chi connectivity index (χ4n) is 4.15. The molecule has 12 nitrogen and oxygen atoms in total. The number of piperazine rings is 1. The van der Waals surface area contributed by atoms with Crippen molar-refractivity contribution in [2.75, 3.05) is 64.8 Å². The Kier molecular flexibility index (Phi) is 7.84. The van der Waals surface area contributed by atoms with E-state index in [4.69, 9.17) is 4.74 Å². The van der Waals surface area contributed by atoms with Crippen molar-refractivity contribution in [2.45, 2.75) is 27.2 Å². The van der Waals surface area contributed by atoms with Crippen molar-refractivity contribution in [1.82, 2.24) is 19.2 Å². The van der Waals surface area contributed by atoms with Gasteiger partial charge in [-0.25, -0.2) is 21.8 Å². The molecule has 1 aromatic heterocycles. The molecule has 1 amide bonds. The zero-order valence-electron chi connectivity index (χ0n) is 20.9. The summed E-state index contributed by atoms with van der Waals surface area (Å²) in [4.78, 5) is 19.8. The van der Waals surface area contributed by atoms with Crippen molar-refractivity contribution < 1.29 is 26.4 Å². The van der Waals surface area contributed by atoms with Crippen LogP contribution in [0.3, 0.4) is 0 Å². The molecule has 3 fully saturated rings. The third-order valence-electron chi connectivity index (χ3n) is 6.62. The van der Waals surface area contributed by atoms with Crippen LogP contribution < -0.4 is 5.32 Å². The van der Waals surface area contributed by atoms with Gasteiger partial charge in [0.05, 0.1) is 42.6 Å². The molecule has 0 spiro atoms. The van der Waals surface area contributed by atoms with E-state index in [1.54, 1.807) is 17.1 Å². The number of hydrogen-bond donors (Lipinski definition) is 1. The van der Waals surface area contributed by atoms with Crippen LogP contribution in [0.2, 0.25) is 0 Å². The Hall–Kier alpha value is -2.43. The highest BCUT2D eigenvalue weighted by Crippen LogP contribution is 2.33. The molecule has 5 rings (SSSR count). The minimum Gasteiger partial charge on any atom is -0.378 e. The fraction of sp³-hybridized carbons (Fsp3) is 0.522. The van der Waals surface area contributed by atoms with Crippen molar-refractivity contribution in [2.24, 2.45) is 5.10 Å². The minimum atomic E-state index is -3.71. The molecule has 1 saturated carbocycles. The molecule has 2 aliphatic heterocycles. The van der Waals surface area contributed by atoms with Gasteiger partial charge in [0.2, 0.25) is 0 Å². The molecule has 1 N–H and O–H groups in total. The standard InChI is InChI=1S/C23H30N6O6S3/c1-27-8-10-29(11-9-27)38(33,34)20-16-24-23(36-20)25-22(30)21(26-28-12-14-35-15-13-28)17-2-4-18(5-3-17)37(31,32)19-6-7-19/h2-5,16,19H,6-15H2,1H3,(H,24,25,30)/b26-21+. The van der Waals surface area contributed by atoms with Crippen molar-refractivity contribution in [1.29, 1.82) is 0 Å². The summed E-state index contributed by atoms with van der Waals surface area (Å²) >= 11 is 0.883. The van der Waals surface area contributed by atoms with Crippen molar-refractivity contribution in [3.05, 3.63) is 36.0 Å². The largest absolute Gasteiger partial charge is 0.378 e. The number of amides is 1. The predicted molar refractivity (Wildman–Crippen MR) is 143 cm³/mol. The van der Waals surface area contributed by atoms with E-state index in [-0.39, 0.29) is 25.2 Å². The van der Waals surface area contributed by atoms with E-state index in [0.717, 1.165) is 11.3 Å².